The van der Waals surface area contributed by atoms with E-state index in [1.54, 1.807) is 0 Å². The lowest BCUT2D eigenvalue weighted by atomic mass is 10.2. The number of hydrogen-bond acceptors (Lipinski definition) is 5. The maximum absolute atomic E-state index is 13.3. The van der Waals surface area contributed by atoms with Gasteiger partial charge in [0.1, 0.15) is 5.82 Å². The zero-order chi connectivity index (χ0) is 20.4. The van der Waals surface area contributed by atoms with Crippen molar-refractivity contribution in [1.82, 2.24) is 4.98 Å². The van der Waals surface area contributed by atoms with Crippen LogP contribution in [-0.4, -0.2) is 24.9 Å². The van der Waals surface area contributed by atoms with Gasteiger partial charge in [0.25, 0.3) is 0 Å². The molecule has 0 spiro atoms. The summed E-state index contributed by atoms with van der Waals surface area (Å²) < 4.78 is 79.5. The molecule has 0 amide bonds. The van der Waals surface area contributed by atoms with Crippen LogP contribution in [0, 0.1) is 5.82 Å². The Labute approximate surface area is 167 Å². The summed E-state index contributed by atoms with van der Waals surface area (Å²) >= 11 is 2.93. The van der Waals surface area contributed by atoms with E-state index in [0.29, 0.717) is 17.9 Å². The Morgan fingerprint density at radius 2 is 1.89 bits per heavy atom. The predicted octanol–water partition coefficient (Wildman–Crippen LogP) is 5.38. The van der Waals surface area contributed by atoms with E-state index in [-0.39, 0.29) is 17.9 Å². The Morgan fingerprint density at radius 3 is 2.61 bits per heavy atom. The number of nitrogens with zero attached hydrogens (tertiary/aromatic N) is 1. The molecule has 0 atom stereocenters. The van der Waals surface area contributed by atoms with Crippen molar-refractivity contribution in [2.45, 2.75) is 16.9 Å². The highest BCUT2D eigenvalue weighted by Gasteiger charge is 2.34. The molecule has 4 nitrogen and oxygen atoms in total. The lowest BCUT2D eigenvalue weighted by Crippen LogP contribution is -2.18. The summed E-state index contributed by atoms with van der Waals surface area (Å²) in [5.74, 6) is -1.25. The lowest BCUT2D eigenvalue weighted by Gasteiger charge is -2.12. The predicted molar refractivity (Wildman–Crippen MR) is 104 cm³/mol. The van der Waals surface area contributed by atoms with Crippen LogP contribution in [0.3, 0.4) is 0 Å². The lowest BCUT2D eigenvalue weighted by molar-refractivity contribution is -0.139. The molecular weight excluding hydrogens is 436 g/mol. The van der Waals surface area contributed by atoms with Crippen LogP contribution in [0.2, 0.25) is 0 Å². The minimum Gasteiger partial charge on any atom is -0.284 e. The molecule has 0 saturated heterocycles. The maximum Gasteiger partial charge on any atom is 0.419 e. The van der Waals surface area contributed by atoms with Gasteiger partial charge in [-0.1, -0.05) is 23.9 Å². The van der Waals surface area contributed by atoms with Gasteiger partial charge in [-0.15, -0.1) is 11.3 Å². The van der Waals surface area contributed by atoms with Gasteiger partial charge in [0.2, 0.25) is 10.0 Å². The van der Waals surface area contributed by atoms with Gasteiger partial charge in [0.05, 0.1) is 21.5 Å². The number of anilines is 1. The first-order valence-electron chi connectivity index (χ1n) is 8.00. The number of hydrogen-bond donors (Lipinski definition) is 1. The van der Waals surface area contributed by atoms with Crippen LogP contribution in [0.25, 0.3) is 10.2 Å². The standard InChI is InChI=1S/C17H14F4N2O2S3/c18-13-7-6-11(10-12(13)17(19,20)21)23-28(24,25)9-3-8-26-16-22-14-4-1-2-5-15(14)27-16/h1-2,4-7,10,23H,3,8-9H2. The molecule has 0 saturated carbocycles. The Morgan fingerprint density at radius 1 is 1.14 bits per heavy atom. The molecule has 11 heteroatoms. The number of thiazole rings is 1. The average Bonchev–Trinajstić information content (AvgIpc) is 3.02. The van der Waals surface area contributed by atoms with Gasteiger partial charge in [-0.2, -0.15) is 13.2 Å². The topological polar surface area (TPSA) is 59.1 Å². The molecular formula is C17H14F4N2O2S3. The SMILES string of the molecule is O=S(=O)(CCCSc1nc2ccccc2s1)Nc1ccc(F)c(C(F)(F)F)c1. The number of alkyl halides is 3. The molecule has 0 fully saturated rings. The summed E-state index contributed by atoms with van der Waals surface area (Å²) in [6.45, 7) is 0. The summed E-state index contributed by atoms with van der Waals surface area (Å²) in [7, 11) is -3.86. The Bertz CT molecular complexity index is 1050. The monoisotopic (exact) mass is 450 g/mol. The zero-order valence-electron chi connectivity index (χ0n) is 14.2. The van der Waals surface area contributed by atoms with Crippen LogP contribution in [0.15, 0.2) is 46.8 Å². The molecule has 28 heavy (non-hydrogen) atoms. The molecule has 0 radical (unpaired) electrons. The van der Waals surface area contributed by atoms with Crippen molar-refractivity contribution in [3.63, 3.8) is 0 Å². The molecule has 150 valence electrons. The quantitative estimate of drug-likeness (QED) is 0.298. The average molecular weight is 451 g/mol. The number of thioether (sulfide) groups is 1. The number of nitrogens with one attached hydrogen (secondary N) is 1. The van der Waals surface area contributed by atoms with E-state index in [4.69, 9.17) is 0 Å². The van der Waals surface area contributed by atoms with Crippen molar-refractivity contribution in [2.24, 2.45) is 0 Å². The van der Waals surface area contributed by atoms with Crippen LogP contribution in [-0.2, 0) is 16.2 Å². The van der Waals surface area contributed by atoms with Crippen molar-refractivity contribution in [3.8, 4) is 0 Å². The van der Waals surface area contributed by atoms with E-state index in [0.717, 1.165) is 20.6 Å². The van der Waals surface area contributed by atoms with Gasteiger partial charge in [-0.25, -0.2) is 17.8 Å². The second kappa shape index (κ2) is 8.26. The third-order valence-corrected chi connectivity index (χ3v) is 7.24. The molecule has 1 aromatic heterocycles. The summed E-state index contributed by atoms with van der Waals surface area (Å²) in [5, 5.41) is 0. The summed E-state index contributed by atoms with van der Waals surface area (Å²) in [6.07, 6.45) is -4.62. The highest BCUT2D eigenvalue weighted by Crippen LogP contribution is 2.33. The first-order valence-corrected chi connectivity index (χ1v) is 11.5. The highest BCUT2D eigenvalue weighted by atomic mass is 32.2. The molecule has 0 bridgehead atoms. The fourth-order valence-electron chi connectivity index (χ4n) is 2.36. The normalized spacial score (nSPS) is 12.4. The van der Waals surface area contributed by atoms with E-state index < -0.39 is 27.6 Å². The number of benzene rings is 2. The van der Waals surface area contributed by atoms with Crippen LogP contribution in [0.5, 0.6) is 0 Å². The van der Waals surface area contributed by atoms with Gasteiger partial charge in [0.15, 0.2) is 4.34 Å². The molecule has 2 aromatic carbocycles. The number of para-hydroxylation sites is 1. The molecule has 0 unspecified atom stereocenters. The van der Waals surface area contributed by atoms with Crippen molar-refractivity contribution in [2.75, 3.05) is 16.2 Å². The van der Waals surface area contributed by atoms with Crippen LogP contribution < -0.4 is 4.72 Å². The molecule has 3 rings (SSSR count). The Balaban J connectivity index is 1.55. The third-order valence-electron chi connectivity index (χ3n) is 3.60. The summed E-state index contributed by atoms with van der Waals surface area (Å²) in [6, 6.07) is 9.62. The van der Waals surface area contributed by atoms with E-state index >= 15 is 0 Å². The minimum absolute atomic E-state index is 0.274. The highest BCUT2D eigenvalue weighted by molar-refractivity contribution is 8.01. The van der Waals surface area contributed by atoms with Gasteiger partial charge in [0, 0.05) is 11.4 Å². The molecule has 3 aromatic rings. The van der Waals surface area contributed by atoms with Crippen LogP contribution >= 0.6 is 23.1 Å². The van der Waals surface area contributed by atoms with Crippen molar-refractivity contribution in [3.05, 3.63) is 53.8 Å². The maximum atomic E-state index is 13.3. The van der Waals surface area contributed by atoms with E-state index in [2.05, 4.69) is 9.71 Å². The number of aromatic nitrogens is 1. The first-order chi connectivity index (χ1) is 13.1. The van der Waals surface area contributed by atoms with Crippen molar-refractivity contribution < 1.29 is 26.0 Å². The molecule has 1 heterocycles. The van der Waals surface area contributed by atoms with Crippen molar-refractivity contribution >= 4 is 49.0 Å². The zero-order valence-corrected chi connectivity index (χ0v) is 16.6. The van der Waals surface area contributed by atoms with Gasteiger partial charge in [-0.05, 0) is 36.8 Å². The molecule has 0 aliphatic heterocycles. The molecule has 0 aliphatic rings. The van der Waals surface area contributed by atoms with E-state index in [1.807, 2.05) is 24.3 Å². The smallest absolute Gasteiger partial charge is 0.284 e. The Hall–Kier alpha value is -1.85. The fourth-order valence-corrected chi connectivity index (χ4v) is 5.73. The van der Waals surface area contributed by atoms with E-state index in [1.165, 1.54) is 23.1 Å². The Kier molecular flexibility index (Phi) is 6.15. The second-order valence-corrected chi connectivity index (χ2v) is 9.98. The van der Waals surface area contributed by atoms with Gasteiger partial charge in [-0.3, -0.25) is 4.72 Å². The summed E-state index contributed by atoms with van der Waals surface area (Å²) in [4.78, 5) is 4.43. The third kappa shape index (κ3) is 5.36. The molecule has 1 N–H and O–H groups in total. The second-order valence-electron chi connectivity index (χ2n) is 5.76. The summed E-state index contributed by atoms with van der Waals surface area (Å²) in [5.41, 5.74) is -0.965. The van der Waals surface area contributed by atoms with Crippen LogP contribution in [0.4, 0.5) is 23.2 Å². The minimum atomic E-state index is -4.90. The fraction of sp³-hybridized carbons (Fsp3) is 0.235. The largest absolute Gasteiger partial charge is 0.419 e. The van der Waals surface area contributed by atoms with Crippen molar-refractivity contribution in [1.29, 1.82) is 0 Å². The number of sulfonamides is 1. The van der Waals surface area contributed by atoms with Gasteiger partial charge < -0.3 is 0 Å². The number of rotatable bonds is 7. The first kappa shape index (κ1) is 20.9. The number of fused-ring (bicyclic) bond motifs is 1. The van der Waals surface area contributed by atoms with E-state index in [9.17, 15) is 26.0 Å². The number of halogens is 4. The van der Waals surface area contributed by atoms with Gasteiger partial charge >= 0.3 is 6.18 Å². The van der Waals surface area contributed by atoms with Crippen LogP contribution in [0.1, 0.15) is 12.0 Å². The molecule has 0 aliphatic carbocycles.